The van der Waals surface area contributed by atoms with Gasteiger partial charge in [0.2, 0.25) is 0 Å². The molecule has 1 aliphatic rings. The number of nitriles is 1. The molecule has 2 rings (SSSR count). The lowest BCUT2D eigenvalue weighted by atomic mass is 10.0. The number of aromatic nitrogens is 2. The van der Waals surface area contributed by atoms with E-state index < -0.39 is 0 Å². The van der Waals surface area contributed by atoms with Gasteiger partial charge in [-0.2, -0.15) is 10.4 Å². The molecule has 2 atom stereocenters. The second kappa shape index (κ2) is 4.80. The molecule has 0 spiro atoms. The molecule has 1 fully saturated rings. The molecule has 2 unspecified atom stereocenters. The molecule has 0 aromatic carbocycles. The molecule has 1 saturated carbocycles. The van der Waals surface area contributed by atoms with Crippen molar-refractivity contribution in [2.45, 2.75) is 38.1 Å². The van der Waals surface area contributed by atoms with Crippen molar-refractivity contribution in [3.8, 4) is 6.07 Å². The molecule has 1 aliphatic carbocycles. The first-order valence-corrected chi connectivity index (χ1v) is 6.15. The van der Waals surface area contributed by atoms with E-state index in [4.69, 9.17) is 5.26 Å². The van der Waals surface area contributed by atoms with Crippen LogP contribution in [0.2, 0.25) is 0 Å². The standard InChI is InChI=1S/C11H14BrN3/c12-10-7-14-15(8-10)11-4-3-9(6-11)2-1-5-13/h7-9,11H,1-4,6H2. The Morgan fingerprint density at radius 3 is 3.13 bits per heavy atom. The minimum atomic E-state index is 0.542. The van der Waals surface area contributed by atoms with E-state index in [1.165, 1.54) is 19.3 Å². The lowest BCUT2D eigenvalue weighted by Gasteiger charge is -2.10. The van der Waals surface area contributed by atoms with Crippen molar-refractivity contribution in [1.82, 2.24) is 9.78 Å². The van der Waals surface area contributed by atoms with E-state index in [1.807, 2.05) is 12.4 Å². The summed E-state index contributed by atoms with van der Waals surface area (Å²) in [4.78, 5) is 0. The Bertz CT molecular complexity index is 366. The van der Waals surface area contributed by atoms with Crippen molar-refractivity contribution in [3.05, 3.63) is 16.9 Å². The molecule has 1 heterocycles. The molecule has 15 heavy (non-hydrogen) atoms. The Kier molecular flexibility index (Phi) is 3.42. The van der Waals surface area contributed by atoms with Gasteiger partial charge >= 0.3 is 0 Å². The lowest BCUT2D eigenvalue weighted by molar-refractivity contribution is 0.430. The van der Waals surface area contributed by atoms with Gasteiger partial charge in [0.15, 0.2) is 0 Å². The van der Waals surface area contributed by atoms with Crippen molar-refractivity contribution in [2.24, 2.45) is 5.92 Å². The largest absolute Gasteiger partial charge is 0.269 e. The summed E-state index contributed by atoms with van der Waals surface area (Å²) in [5, 5.41) is 12.9. The SMILES string of the molecule is N#CCCC1CCC(n2cc(Br)cn2)C1. The molecule has 0 bridgehead atoms. The average molecular weight is 268 g/mol. The van der Waals surface area contributed by atoms with E-state index in [1.54, 1.807) is 0 Å². The van der Waals surface area contributed by atoms with Crippen LogP contribution in [0.3, 0.4) is 0 Å². The van der Waals surface area contributed by atoms with Crippen LogP contribution in [0.5, 0.6) is 0 Å². The van der Waals surface area contributed by atoms with Crippen molar-refractivity contribution >= 4 is 15.9 Å². The van der Waals surface area contributed by atoms with Gasteiger partial charge in [0.05, 0.1) is 22.8 Å². The van der Waals surface area contributed by atoms with Crippen LogP contribution in [-0.4, -0.2) is 9.78 Å². The van der Waals surface area contributed by atoms with Crippen LogP contribution in [0.4, 0.5) is 0 Å². The number of rotatable bonds is 3. The molecule has 1 aromatic rings. The van der Waals surface area contributed by atoms with Gasteiger partial charge in [0, 0.05) is 12.6 Å². The highest BCUT2D eigenvalue weighted by molar-refractivity contribution is 9.10. The summed E-state index contributed by atoms with van der Waals surface area (Å²) in [7, 11) is 0. The Morgan fingerprint density at radius 2 is 2.47 bits per heavy atom. The number of nitrogens with zero attached hydrogens (tertiary/aromatic N) is 3. The quantitative estimate of drug-likeness (QED) is 0.844. The van der Waals surface area contributed by atoms with Crippen molar-refractivity contribution in [2.75, 3.05) is 0 Å². The van der Waals surface area contributed by atoms with E-state index in [2.05, 4.69) is 31.8 Å². The molecule has 0 aliphatic heterocycles. The maximum Gasteiger partial charge on any atom is 0.0632 e. The van der Waals surface area contributed by atoms with E-state index in [0.717, 1.165) is 16.8 Å². The molecule has 3 nitrogen and oxygen atoms in total. The van der Waals surface area contributed by atoms with Crippen LogP contribution < -0.4 is 0 Å². The highest BCUT2D eigenvalue weighted by Gasteiger charge is 2.25. The summed E-state index contributed by atoms with van der Waals surface area (Å²) < 4.78 is 3.10. The van der Waals surface area contributed by atoms with Crippen molar-refractivity contribution < 1.29 is 0 Å². The van der Waals surface area contributed by atoms with E-state index in [9.17, 15) is 0 Å². The zero-order valence-corrected chi connectivity index (χ0v) is 10.2. The molecule has 0 radical (unpaired) electrons. The lowest BCUT2D eigenvalue weighted by Crippen LogP contribution is -2.05. The summed E-state index contributed by atoms with van der Waals surface area (Å²) in [5.41, 5.74) is 0. The fourth-order valence-electron chi connectivity index (χ4n) is 2.33. The Balaban J connectivity index is 1.90. The summed E-state index contributed by atoms with van der Waals surface area (Å²) in [6, 6.07) is 2.77. The third-order valence-corrected chi connectivity index (χ3v) is 3.53. The normalized spacial score (nSPS) is 25.3. The van der Waals surface area contributed by atoms with Crippen LogP contribution in [0.25, 0.3) is 0 Å². The first-order valence-electron chi connectivity index (χ1n) is 5.36. The zero-order chi connectivity index (χ0) is 10.7. The summed E-state index contributed by atoms with van der Waals surface area (Å²) >= 11 is 3.41. The summed E-state index contributed by atoms with van der Waals surface area (Å²) in [6.45, 7) is 0. The van der Waals surface area contributed by atoms with Gasteiger partial charge in [-0.3, -0.25) is 4.68 Å². The van der Waals surface area contributed by atoms with Gasteiger partial charge in [0.25, 0.3) is 0 Å². The molecular formula is C11H14BrN3. The third-order valence-electron chi connectivity index (χ3n) is 3.12. The smallest absolute Gasteiger partial charge is 0.0632 e. The fraction of sp³-hybridized carbons (Fsp3) is 0.636. The Morgan fingerprint density at radius 1 is 1.60 bits per heavy atom. The minimum Gasteiger partial charge on any atom is -0.269 e. The first-order chi connectivity index (χ1) is 7.29. The van der Waals surface area contributed by atoms with Crippen molar-refractivity contribution in [3.63, 3.8) is 0 Å². The van der Waals surface area contributed by atoms with Crippen LogP contribution in [0.1, 0.15) is 38.1 Å². The average Bonchev–Trinajstić information content (AvgIpc) is 2.83. The first kappa shape index (κ1) is 10.7. The Hall–Kier alpha value is -0.820. The molecule has 0 N–H and O–H groups in total. The summed E-state index contributed by atoms with van der Waals surface area (Å²) in [5.74, 6) is 0.720. The monoisotopic (exact) mass is 267 g/mol. The highest BCUT2D eigenvalue weighted by atomic mass is 79.9. The second-order valence-corrected chi connectivity index (χ2v) is 5.08. The van der Waals surface area contributed by atoms with Crippen molar-refractivity contribution in [1.29, 1.82) is 5.26 Å². The van der Waals surface area contributed by atoms with Crippen LogP contribution in [-0.2, 0) is 0 Å². The van der Waals surface area contributed by atoms with Gasteiger partial charge in [-0.05, 0) is 47.5 Å². The number of hydrogen-bond donors (Lipinski definition) is 0. The molecular weight excluding hydrogens is 254 g/mol. The van der Waals surface area contributed by atoms with Crippen LogP contribution in [0, 0.1) is 17.2 Å². The van der Waals surface area contributed by atoms with Gasteiger partial charge < -0.3 is 0 Å². The van der Waals surface area contributed by atoms with E-state index in [-0.39, 0.29) is 0 Å². The molecule has 0 amide bonds. The predicted molar refractivity (Wildman–Crippen MR) is 61.2 cm³/mol. The topological polar surface area (TPSA) is 41.6 Å². The predicted octanol–water partition coefficient (Wildman–Crippen LogP) is 3.29. The molecule has 1 aromatic heterocycles. The van der Waals surface area contributed by atoms with Gasteiger partial charge in [-0.15, -0.1) is 0 Å². The molecule has 4 heteroatoms. The number of hydrogen-bond acceptors (Lipinski definition) is 2. The van der Waals surface area contributed by atoms with E-state index >= 15 is 0 Å². The Labute approximate surface area is 98.2 Å². The highest BCUT2D eigenvalue weighted by Crippen LogP contribution is 2.36. The van der Waals surface area contributed by atoms with E-state index in [0.29, 0.717) is 12.5 Å². The van der Waals surface area contributed by atoms with Crippen LogP contribution >= 0.6 is 15.9 Å². The van der Waals surface area contributed by atoms with Gasteiger partial charge in [-0.1, -0.05) is 0 Å². The second-order valence-electron chi connectivity index (χ2n) is 4.17. The molecule has 80 valence electrons. The van der Waals surface area contributed by atoms with Gasteiger partial charge in [-0.25, -0.2) is 0 Å². The van der Waals surface area contributed by atoms with Gasteiger partial charge in [0.1, 0.15) is 0 Å². The molecule has 0 saturated heterocycles. The zero-order valence-electron chi connectivity index (χ0n) is 8.56. The minimum absolute atomic E-state index is 0.542. The maximum atomic E-state index is 8.54. The van der Waals surface area contributed by atoms with Crippen LogP contribution in [0.15, 0.2) is 16.9 Å². The fourth-order valence-corrected chi connectivity index (χ4v) is 2.64. The maximum absolute atomic E-state index is 8.54. The number of halogens is 1. The third kappa shape index (κ3) is 2.60. The summed E-state index contributed by atoms with van der Waals surface area (Å²) in [6.07, 6.45) is 9.24.